The minimum absolute atomic E-state index is 0.0343. The second-order valence-electron chi connectivity index (χ2n) is 11.1. The Morgan fingerprint density at radius 3 is 1.72 bits per heavy atom. The molecule has 0 bridgehead atoms. The van der Waals surface area contributed by atoms with Crippen molar-refractivity contribution in [3.63, 3.8) is 0 Å². The zero-order valence-electron chi connectivity index (χ0n) is 25.5. The van der Waals surface area contributed by atoms with Gasteiger partial charge < -0.3 is 15.2 Å². The maximum atomic E-state index is 12.3. The third-order valence-electron chi connectivity index (χ3n) is 7.17. The summed E-state index contributed by atoms with van der Waals surface area (Å²) in [6, 6.07) is 0. The van der Waals surface area contributed by atoms with Crippen LogP contribution < -0.4 is 5.32 Å². The lowest BCUT2D eigenvalue weighted by atomic mass is 10.0. The molecule has 0 aliphatic heterocycles. The van der Waals surface area contributed by atoms with Gasteiger partial charge in [0, 0.05) is 12.8 Å². The van der Waals surface area contributed by atoms with Gasteiger partial charge in [0.2, 0.25) is 5.91 Å². The van der Waals surface area contributed by atoms with Gasteiger partial charge in [-0.2, -0.15) is 0 Å². The van der Waals surface area contributed by atoms with Crippen molar-refractivity contribution in [2.24, 2.45) is 0 Å². The van der Waals surface area contributed by atoms with E-state index in [-0.39, 0.29) is 24.5 Å². The predicted octanol–water partition coefficient (Wildman–Crippen LogP) is 9.06. The summed E-state index contributed by atoms with van der Waals surface area (Å²) >= 11 is 0. The molecule has 0 rings (SSSR count). The van der Waals surface area contributed by atoms with Gasteiger partial charge in [0.15, 0.2) is 0 Å². The van der Waals surface area contributed by atoms with Crippen molar-refractivity contribution in [2.45, 2.75) is 174 Å². The van der Waals surface area contributed by atoms with Crippen molar-refractivity contribution >= 4 is 17.8 Å². The number of amides is 1. The summed E-state index contributed by atoms with van der Waals surface area (Å²) in [6.07, 6.45) is 31.2. The van der Waals surface area contributed by atoms with Crippen molar-refractivity contribution in [1.82, 2.24) is 5.32 Å². The van der Waals surface area contributed by atoms with E-state index in [4.69, 9.17) is 9.84 Å². The van der Waals surface area contributed by atoms with Crippen molar-refractivity contribution in [2.75, 3.05) is 6.54 Å². The summed E-state index contributed by atoms with van der Waals surface area (Å²) in [5.74, 6) is -1.34. The van der Waals surface area contributed by atoms with Crippen molar-refractivity contribution < 1.29 is 24.2 Å². The van der Waals surface area contributed by atoms with Crippen LogP contribution in [0.5, 0.6) is 0 Å². The zero-order valence-corrected chi connectivity index (χ0v) is 25.5. The third kappa shape index (κ3) is 29.0. The maximum absolute atomic E-state index is 12.3. The van der Waals surface area contributed by atoms with Crippen LogP contribution in [0.25, 0.3) is 0 Å². The Morgan fingerprint density at radius 1 is 0.641 bits per heavy atom. The van der Waals surface area contributed by atoms with Gasteiger partial charge in [0.1, 0.15) is 12.6 Å². The van der Waals surface area contributed by atoms with Crippen LogP contribution in [-0.4, -0.2) is 35.6 Å². The van der Waals surface area contributed by atoms with Gasteiger partial charge in [-0.25, -0.2) is 0 Å². The Kier molecular flexibility index (Phi) is 27.8. The molecule has 0 aromatic heterocycles. The van der Waals surface area contributed by atoms with Gasteiger partial charge in [-0.1, -0.05) is 109 Å². The third-order valence-corrected chi connectivity index (χ3v) is 7.17. The van der Waals surface area contributed by atoms with E-state index in [0.717, 1.165) is 44.9 Å². The molecule has 0 radical (unpaired) electrons. The molecule has 0 aromatic carbocycles. The fourth-order valence-electron chi connectivity index (χ4n) is 4.80. The number of carboxylic acids is 1. The fraction of sp³-hybridized carbons (Fsp3) is 0.848. The Bertz CT molecular complexity index is 619. The van der Waals surface area contributed by atoms with Crippen LogP contribution in [-0.2, 0) is 19.1 Å². The molecule has 39 heavy (non-hydrogen) atoms. The lowest BCUT2D eigenvalue weighted by molar-refractivity contribution is -0.150. The van der Waals surface area contributed by atoms with Crippen LogP contribution in [0, 0.1) is 0 Å². The summed E-state index contributed by atoms with van der Waals surface area (Å²) in [7, 11) is 0. The second-order valence-corrected chi connectivity index (χ2v) is 11.1. The Morgan fingerprint density at radius 2 is 1.15 bits per heavy atom. The number of hydrogen-bond donors (Lipinski definition) is 2. The number of carboxylic acid groups (broad SMARTS) is 1. The van der Waals surface area contributed by atoms with E-state index in [1.807, 2.05) is 0 Å². The van der Waals surface area contributed by atoms with Crippen LogP contribution in [0.1, 0.15) is 168 Å². The van der Waals surface area contributed by atoms with Gasteiger partial charge in [0.05, 0.1) is 0 Å². The first-order chi connectivity index (χ1) is 19.0. The maximum Gasteiger partial charge on any atom is 0.322 e. The second kappa shape index (κ2) is 29.1. The molecule has 1 atom stereocenters. The quantitative estimate of drug-likeness (QED) is 0.0549. The van der Waals surface area contributed by atoms with Crippen LogP contribution in [0.4, 0.5) is 0 Å². The highest BCUT2D eigenvalue weighted by Crippen LogP contribution is 2.16. The Hall–Kier alpha value is -1.85. The van der Waals surface area contributed by atoms with Gasteiger partial charge in [0.25, 0.3) is 0 Å². The van der Waals surface area contributed by atoms with Gasteiger partial charge in [-0.15, -0.1) is 0 Å². The molecular weight excluding hydrogens is 490 g/mol. The molecule has 0 aliphatic rings. The standard InChI is InChI=1S/C33H61NO5/c1-3-5-6-7-8-9-10-11-12-13-14-15-16-17-18-19-20-24-28-33(38)39-30(25-4-2)26-22-21-23-27-31(35)34-29-32(36)37/h12-13,30H,3-11,14-29H2,1-2H3,(H,34,35)(H,36,37)/b13-12-. The zero-order chi connectivity index (χ0) is 28.8. The number of allylic oxidation sites excluding steroid dienone is 2. The first-order valence-electron chi connectivity index (χ1n) is 16.3. The molecule has 0 heterocycles. The SMILES string of the molecule is CCCCCCCCC/C=C\CCCCCCCCCC(=O)OC(CCC)CCCCCC(=O)NCC(=O)O. The number of ether oxygens (including phenoxy) is 1. The van der Waals surface area contributed by atoms with Crippen LogP contribution >= 0.6 is 0 Å². The van der Waals surface area contributed by atoms with E-state index >= 15 is 0 Å². The molecule has 0 fully saturated rings. The molecule has 1 amide bonds. The van der Waals surface area contributed by atoms with Gasteiger partial charge in [-0.05, 0) is 57.8 Å². The molecule has 228 valence electrons. The van der Waals surface area contributed by atoms with Gasteiger partial charge in [-0.3, -0.25) is 14.4 Å². The monoisotopic (exact) mass is 551 g/mol. The number of aliphatic carboxylic acids is 1. The van der Waals surface area contributed by atoms with E-state index in [2.05, 4.69) is 31.3 Å². The molecule has 0 aliphatic carbocycles. The summed E-state index contributed by atoms with van der Waals surface area (Å²) in [6.45, 7) is 4.04. The predicted molar refractivity (Wildman–Crippen MR) is 162 cm³/mol. The molecule has 6 heteroatoms. The number of rotatable bonds is 29. The lowest BCUT2D eigenvalue weighted by Crippen LogP contribution is -2.28. The molecular formula is C33H61NO5. The smallest absolute Gasteiger partial charge is 0.322 e. The first kappa shape index (κ1) is 37.1. The normalized spacial score (nSPS) is 12.1. The molecule has 0 saturated heterocycles. The highest BCUT2D eigenvalue weighted by molar-refractivity contribution is 5.80. The summed E-state index contributed by atoms with van der Waals surface area (Å²) in [5, 5.41) is 11.0. The summed E-state index contributed by atoms with van der Waals surface area (Å²) in [4.78, 5) is 34.3. The molecule has 0 spiro atoms. The molecule has 0 saturated carbocycles. The Labute approximate surface area is 240 Å². The van der Waals surface area contributed by atoms with Crippen LogP contribution in [0.3, 0.4) is 0 Å². The molecule has 6 nitrogen and oxygen atoms in total. The minimum Gasteiger partial charge on any atom is -0.480 e. The van der Waals surface area contributed by atoms with Crippen LogP contribution in [0.15, 0.2) is 12.2 Å². The lowest BCUT2D eigenvalue weighted by Gasteiger charge is -2.17. The number of hydrogen-bond acceptors (Lipinski definition) is 4. The first-order valence-corrected chi connectivity index (χ1v) is 16.3. The number of unbranched alkanes of at least 4 members (excludes halogenated alkanes) is 16. The largest absolute Gasteiger partial charge is 0.480 e. The number of nitrogens with one attached hydrogen (secondary N) is 1. The van der Waals surface area contributed by atoms with Crippen molar-refractivity contribution in [3.05, 3.63) is 12.2 Å². The minimum atomic E-state index is -1.03. The molecule has 1 unspecified atom stereocenters. The summed E-state index contributed by atoms with van der Waals surface area (Å²) in [5.41, 5.74) is 0. The highest BCUT2D eigenvalue weighted by Gasteiger charge is 2.13. The number of esters is 1. The van der Waals surface area contributed by atoms with E-state index in [0.29, 0.717) is 19.3 Å². The number of carbonyl (C=O) groups is 3. The van der Waals surface area contributed by atoms with Crippen LogP contribution in [0.2, 0.25) is 0 Å². The van der Waals surface area contributed by atoms with E-state index in [9.17, 15) is 14.4 Å². The average molecular weight is 552 g/mol. The van der Waals surface area contributed by atoms with Gasteiger partial charge >= 0.3 is 11.9 Å². The van der Waals surface area contributed by atoms with Crippen molar-refractivity contribution in [3.8, 4) is 0 Å². The molecule has 2 N–H and O–H groups in total. The average Bonchev–Trinajstić information content (AvgIpc) is 2.91. The van der Waals surface area contributed by atoms with Crippen molar-refractivity contribution in [1.29, 1.82) is 0 Å². The topological polar surface area (TPSA) is 92.7 Å². The Balaban J connectivity index is 3.60. The number of carbonyl (C=O) groups excluding carboxylic acids is 2. The fourth-order valence-corrected chi connectivity index (χ4v) is 4.80. The van der Waals surface area contributed by atoms with E-state index in [1.165, 1.54) is 89.9 Å². The molecule has 0 aromatic rings. The highest BCUT2D eigenvalue weighted by atomic mass is 16.5. The van der Waals surface area contributed by atoms with E-state index in [1.54, 1.807) is 0 Å². The summed E-state index contributed by atoms with van der Waals surface area (Å²) < 4.78 is 5.73. The van der Waals surface area contributed by atoms with E-state index < -0.39 is 5.97 Å².